The third-order valence-electron chi connectivity index (χ3n) is 1.44. The number of halogens is 3. The summed E-state index contributed by atoms with van der Waals surface area (Å²) in [7, 11) is 0. The van der Waals surface area contributed by atoms with Crippen LogP contribution in [0.15, 0.2) is 23.3 Å². The van der Waals surface area contributed by atoms with Gasteiger partial charge in [0.25, 0.3) is 0 Å². The smallest absolute Gasteiger partial charge is 0.147 e. The molecule has 60 valence electrons. The zero-order valence-corrected chi connectivity index (χ0v) is 8.53. The Kier molecular flexibility index (Phi) is 2.79. The first-order valence-corrected chi connectivity index (χ1v) is 4.51. The second-order valence-electron chi connectivity index (χ2n) is 2.18. The lowest BCUT2D eigenvalue weighted by Crippen LogP contribution is -2.26. The van der Waals surface area contributed by atoms with Crippen molar-refractivity contribution >= 4 is 45.4 Å². The fourth-order valence-electron chi connectivity index (χ4n) is 0.782. The molecule has 0 aromatic rings. The lowest BCUT2D eigenvalue weighted by Gasteiger charge is -2.25. The number of carbonyl (C=O) groups excluding carboxylic acids is 1. The van der Waals surface area contributed by atoms with E-state index in [1.807, 2.05) is 0 Å². The van der Waals surface area contributed by atoms with Gasteiger partial charge in [-0.05, 0) is 6.08 Å². The molecule has 0 aliphatic heterocycles. The van der Waals surface area contributed by atoms with Crippen LogP contribution in [0.3, 0.4) is 0 Å². The standard InChI is InChI=1S/C7H5BrCl2O/c8-7(10)5(4-11)2-1-3-6(7)9/h1-5H. The summed E-state index contributed by atoms with van der Waals surface area (Å²) >= 11 is 14.8. The van der Waals surface area contributed by atoms with E-state index in [1.54, 1.807) is 18.2 Å². The molecule has 1 nitrogen and oxygen atoms in total. The first-order valence-electron chi connectivity index (χ1n) is 2.96. The second-order valence-corrected chi connectivity index (χ2v) is 4.90. The highest BCUT2D eigenvalue weighted by Crippen LogP contribution is 2.43. The number of rotatable bonds is 1. The van der Waals surface area contributed by atoms with Crippen LogP contribution in [0.5, 0.6) is 0 Å². The molecule has 0 saturated carbocycles. The predicted molar refractivity (Wildman–Crippen MR) is 50.1 cm³/mol. The van der Waals surface area contributed by atoms with Gasteiger partial charge in [0.1, 0.15) is 10.1 Å². The number of aldehydes is 1. The molecule has 1 aliphatic rings. The minimum atomic E-state index is -0.939. The quantitative estimate of drug-likeness (QED) is 0.520. The van der Waals surface area contributed by atoms with Gasteiger partial charge < -0.3 is 4.79 Å². The molecule has 0 saturated heterocycles. The third-order valence-corrected chi connectivity index (χ3v) is 3.61. The van der Waals surface area contributed by atoms with E-state index < -0.39 is 9.70 Å². The monoisotopic (exact) mass is 254 g/mol. The van der Waals surface area contributed by atoms with Crippen LogP contribution in [0.4, 0.5) is 0 Å². The summed E-state index contributed by atoms with van der Waals surface area (Å²) < 4.78 is -0.939. The van der Waals surface area contributed by atoms with E-state index in [1.165, 1.54) is 0 Å². The Bertz CT molecular complexity index is 233. The normalized spacial score (nSPS) is 36.6. The van der Waals surface area contributed by atoms with Gasteiger partial charge in [0.05, 0.1) is 11.0 Å². The number of alkyl halides is 2. The minimum absolute atomic E-state index is 0.401. The minimum Gasteiger partial charge on any atom is -0.303 e. The summed E-state index contributed by atoms with van der Waals surface area (Å²) in [5.41, 5.74) is 0. The number of carbonyl (C=O) groups is 1. The van der Waals surface area contributed by atoms with Gasteiger partial charge in [-0.1, -0.05) is 51.3 Å². The van der Waals surface area contributed by atoms with E-state index in [-0.39, 0.29) is 0 Å². The molecule has 1 aliphatic carbocycles. The second kappa shape index (κ2) is 3.30. The SMILES string of the molecule is O=CC1C=CC=C(Cl)C1(Cl)Br. The summed E-state index contributed by atoms with van der Waals surface area (Å²) in [6.07, 6.45) is 5.82. The van der Waals surface area contributed by atoms with Crippen LogP contribution in [0.2, 0.25) is 0 Å². The van der Waals surface area contributed by atoms with Gasteiger partial charge in [0, 0.05) is 0 Å². The molecule has 2 atom stereocenters. The average molecular weight is 256 g/mol. The Labute approximate surface area is 83.2 Å². The molecule has 4 heteroatoms. The van der Waals surface area contributed by atoms with E-state index in [4.69, 9.17) is 23.2 Å². The highest BCUT2D eigenvalue weighted by molar-refractivity contribution is 9.10. The molecular weight excluding hydrogens is 251 g/mol. The van der Waals surface area contributed by atoms with Gasteiger partial charge in [-0.15, -0.1) is 0 Å². The van der Waals surface area contributed by atoms with Crippen molar-refractivity contribution in [2.45, 2.75) is 3.78 Å². The maximum atomic E-state index is 10.5. The molecule has 0 N–H and O–H groups in total. The van der Waals surface area contributed by atoms with Crippen molar-refractivity contribution in [3.63, 3.8) is 0 Å². The molecule has 11 heavy (non-hydrogen) atoms. The van der Waals surface area contributed by atoms with Crippen molar-refractivity contribution in [3.05, 3.63) is 23.3 Å². The van der Waals surface area contributed by atoms with Gasteiger partial charge >= 0.3 is 0 Å². The molecule has 0 radical (unpaired) electrons. The van der Waals surface area contributed by atoms with Crippen molar-refractivity contribution in [1.29, 1.82) is 0 Å². The molecule has 0 heterocycles. The summed E-state index contributed by atoms with van der Waals surface area (Å²) in [6, 6.07) is 0. The first-order chi connectivity index (χ1) is 5.09. The fourth-order valence-corrected chi connectivity index (χ4v) is 1.56. The van der Waals surface area contributed by atoms with E-state index >= 15 is 0 Å². The molecule has 0 spiro atoms. The third kappa shape index (κ3) is 1.68. The summed E-state index contributed by atoms with van der Waals surface area (Å²) in [4.78, 5) is 10.5. The van der Waals surface area contributed by atoms with E-state index in [0.717, 1.165) is 6.29 Å². The Morgan fingerprint density at radius 1 is 1.73 bits per heavy atom. The molecule has 0 amide bonds. The lowest BCUT2D eigenvalue weighted by atomic mass is 10.0. The first kappa shape index (κ1) is 9.30. The van der Waals surface area contributed by atoms with E-state index in [0.29, 0.717) is 5.03 Å². The summed E-state index contributed by atoms with van der Waals surface area (Å²) in [5.74, 6) is -0.401. The van der Waals surface area contributed by atoms with Crippen molar-refractivity contribution < 1.29 is 4.79 Å². The maximum absolute atomic E-state index is 10.5. The van der Waals surface area contributed by atoms with Gasteiger partial charge in [-0.25, -0.2) is 0 Å². The highest BCUT2D eigenvalue weighted by Gasteiger charge is 2.37. The predicted octanol–water partition coefficient (Wildman–Crippen LogP) is 2.82. The Morgan fingerprint density at radius 3 is 2.82 bits per heavy atom. The highest BCUT2D eigenvalue weighted by atomic mass is 79.9. The van der Waals surface area contributed by atoms with Gasteiger partial charge in [0.15, 0.2) is 0 Å². The lowest BCUT2D eigenvalue weighted by molar-refractivity contribution is -0.109. The molecule has 0 fully saturated rings. The molecule has 0 bridgehead atoms. The zero-order chi connectivity index (χ0) is 8.48. The average Bonchev–Trinajstić information content (AvgIpc) is 1.95. The van der Waals surface area contributed by atoms with Crippen molar-refractivity contribution in [1.82, 2.24) is 0 Å². The summed E-state index contributed by atoms with van der Waals surface area (Å²) in [6.45, 7) is 0. The number of allylic oxidation sites excluding steroid dienone is 4. The molecular formula is C7H5BrCl2O. The van der Waals surface area contributed by atoms with Crippen LogP contribution in [0.25, 0.3) is 0 Å². The number of hydrogen-bond donors (Lipinski definition) is 0. The topological polar surface area (TPSA) is 17.1 Å². The molecule has 2 unspecified atom stereocenters. The zero-order valence-electron chi connectivity index (χ0n) is 5.43. The molecule has 0 aromatic carbocycles. The summed E-state index contributed by atoms with van der Waals surface area (Å²) in [5, 5.41) is 0.429. The van der Waals surface area contributed by atoms with Gasteiger partial charge in [0.2, 0.25) is 0 Å². The van der Waals surface area contributed by atoms with Crippen LogP contribution < -0.4 is 0 Å². The van der Waals surface area contributed by atoms with Crippen LogP contribution in [0.1, 0.15) is 0 Å². The van der Waals surface area contributed by atoms with Gasteiger partial charge in [-0.3, -0.25) is 0 Å². The van der Waals surface area contributed by atoms with Crippen LogP contribution in [0, 0.1) is 5.92 Å². The molecule has 0 aromatic heterocycles. The van der Waals surface area contributed by atoms with Crippen LogP contribution in [-0.4, -0.2) is 10.1 Å². The Morgan fingerprint density at radius 2 is 2.36 bits per heavy atom. The van der Waals surface area contributed by atoms with Crippen molar-refractivity contribution in [3.8, 4) is 0 Å². The van der Waals surface area contributed by atoms with E-state index in [9.17, 15) is 4.79 Å². The van der Waals surface area contributed by atoms with Crippen LogP contribution >= 0.6 is 39.1 Å². The Hall–Kier alpha value is 0.210. The van der Waals surface area contributed by atoms with Crippen molar-refractivity contribution in [2.75, 3.05) is 0 Å². The van der Waals surface area contributed by atoms with Gasteiger partial charge in [-0.2, -0.15) is 0 Å². The molecule has 1 rings (SSSR count). The number of hydrogen-bond acceptors (Lipinski definition) is 1. The Balaban J connectivity index is 2.97. The maximum Gasteiger partial charge on any atom is 0.147 e. The van der Waals surface area contributed by atoms with Crippen LogP contribution in [-0.2, 0) is 4.79 Å². The fraction of sp³-hybridized carbons (Fsp3) is 0.286. The largest absolute Gasteiger partial charge is 0.303 e. The van der Waals surface area contributed by atoms with Crippen molar-refractivity contribution in [2.24, 2.45) is 5.92 Å². The van der Waals surface area contributed by atoms with E-state index in [2.05, 4.69) is 15.9 Å².